The summed E-state index contributed by atoms with van der Waals surface area (Å²) in [6, 6.07) is 11.3. The monoisotopic (exact) mass is 820 g/mol. The smallest absolute Gasteiger partial charge is 0.298 e. The first-order valence-corrected chi connectivity index (χ1v) is 21.8. The highest BCUT2D eigenvalue weighted by Crippen LogP contribution is 2.39. The molecule has 0 saturated carbocycles. The zero-order chi connectivity index (χ0) is 39.4. The molecule has 4 rings (SSSR count). The second-order valence-corrected chi connectivity index (χ2v) is 20.0. The van der Waals surface area contributed by atoms with Gasteiger partial charge in [-0.15, -0.1) is 0 Å². The molecule has 0 aromatic heterocycles. The Kier molecular flexibility index (Phi) is 10.8. The van der Waals surface area contributed by atoms with Crippen molar-refractivity contribution in [3.63, 3.8) is 0 Å². The van der Waals surface area contributed by atoms with Gasteiger partial charge in [-0.1, -0.05) is 39.0 Å². The quantitative estimate of drug-likeness (QED) is 0.144. The zero-order valence-electron chi connectivity index (χ0n) is 27.7. The fraction of sp³-hybridized carbons (Fsp3) is 0.226. The molecule has 52 heavy (non-hydrogen) atoms. The minimum absolute atomic E-state index is 0.0149. The van der Waals surface area contributed by atoms with Gasteiger partial charge in [-0.05, 0) is 90.6 Å². The van der Waals surface area contributed by atoms with Gasteiger partial charge in [-0.3, -0.25) is 18.2 Å². The van der Waals surface area contributed by atoms with E-state index in [0.717, 1.165) is 42.5 Å². The molecule has 0 fully saturated rings. The Balaban J connectivity index is 1.85. The first-order valence-electron chi connectivity index (χ1n) is 14.6. The lowest BCUT2D eigenvalue weighted by molar-refractivity contribution is 0.235. The summed E-state index contributed by atoms with van der Waals surface area (Å²) < 4.78 is 176. The number of sulfone groups is 1. The first kappa shape index (κ1) is 40.8. The van der Waals surface area contributed by atoms with Crippen LogP contribution >= 0.6 is 0 Å². The van der Waals surface area contributed by atoms with Crippen molar-refractivity contribution in [1.82, 2.24) is 0 Å². The highest BCUT2D eigenvalue weighted by molar-refractivity contribution is 7.91. The molecule has 4 aromatic carbocycles. The largest absolute Gasteiger partial charge is 0.490 e. The van der Waals surface area contributed by atoms with Crippen LogP contribution < -0.4 is 9.47 Å². The second kappa shape index (κ2) is 13.8. The van der Waals surface area contributed by atoms with E-state index in [9.17, 15) is 60.3 Å². The molecule has 0 bridgehead atoms. The van der Waals surface area contributed by atoms with E-state index in [-0.39, 0.29) is 22.4 Å². The normalized spacial score (nSPS) is 13.3. The second-order valence-electron chi connectivity index (χ2n) is 12.5. The minimum Gasteiger partial charge on any atom is -0.490 e. The predicted octanol–water partition coefficient (Wildman–Crippen LogP) is 5.05. The van der Waals surface area contributed by atoms with Crippen LogP contribution in [-0.2, 0) is 55.7 Å². The van der Waals surface area contributed by atoms with Crippen LogP contribution in [-0.4, -0.2) is 66.4 Å². The third-order valence-corrected chi connectivity index (χ3v) is 12.5. The van der Waals surface area contributed by atoms with Crippen LogP contribution in [0.1, 0.15) is 40.2 Å². The van der Waals surface area contributed by atoms with E-state index in [1.165, 1.54) is 18.2 Å². The molecule has 0 atom stereocenters. The Labute approximate surface area is 301 Å². The molecule has 0 aliphatic heterocycles. The highest BCUT2D eigenvalue weighted by Gasteiger charge is 2.30. The minimum atomic E-state index is -5.34. The van der Waals surface area contributed by atoms with Crippen molar-refractivity contribution in [2.45, 2.75) is 75.5 Å². The van der Waals surface area contributed by atoms with E-state index in [2.05, 4.69) is 0 Å². The third-order valence-electron chi connectivity index (χ3n) is 7.21. The van der Waals surface area contributed by atoms with E-state index >= 15 is 0 Å². The van der Waals surface area contributed by atoms with Gasteiger partial charge in [0.2, 0.25) is 9.84 Å². The van der Waals surface area contributed by atoms with Gasteiger partial charge in [0, 0.05) is 0 Å². The summed E-state index contributed by atoms with van der Waals surface area (Å²) in [5.74, 6) is -1.75. The summed E-state index contributed by atoms with van der Waals surface area (Å²) in [5, 5.41) is 0. The lowest BCUT2D eigenvalue weighted by Gasteiger charge is -2.22. The molecule has 282 valence electrons. The van der Waals surface area contributed by atoms with Crippen LogP contribution in [0.4, 0.5) is 0 Å². The average molecular weight is 821 g/mol. The van der Waals surface area contributed by atoms with Gasteiger partial charge in [0.15, 0.2) is 0 Å². The molecule has 0 unspecified atom stereocenters. The van der Waals surface area contributed by atoms with Crippen molar-refractivity contribution in [3.8, 4) is 28.4 Å². The van der Waals surface area contributed by atoms with Crippen LogP contribution in [0.25, 0.3) is 11.1 Å². The summed E-state index contributed by atoms with van der Waals surface area (Å²) in [4.78, 5) is -4.99. The predicted molar refractivity (Wildman–Crippen MR) is 184 cm³/mol. The lowest BCUT2D eigenvalue weighted by Crippen LogP contribution is -2.17. The summed E-state index contributed by atoms with van der Waals surface area (Å²) in [6.07, 6.45) is -0.492. The molecule has 0 aliphatic rings. The summed E-state index contributed by atoms with van der Waals surface area (Å²) in [5.41, 5.74) is -0.812. The Morgan fingerprint density at radius 3 is 1.29 bits per heavy atom. The van der Waals surface area contributed by atoms with Crippen LogP contribution in [0.5, 0.6) is 17.2 Å². The Morgan fingerprint density at radius 2 is 0.865 bits per heavy atom. The van der Waals surface area contributed by atoms with Crippen LogP contribution in [0.15, 0.2) is 102 Å². The molecule has 0 aliphatic carbocycles. The Morgan fingerprint density at radius 1 is 0.500 bits per heavy atom. The van der Waals surface area contributed by atoms with Gasteiger partial charge in [0.1, 0.15) is 31.9 Å². The maximum absolute atomic E-state index is 13.6. The average Bonchev–Trinajstić information content (AvgIpc) is 2.98. The number of hydrogen-bond acceptors (Lipinski definition) is 12. The Bertz CT molecular complexity index is 2640. The van der Waals surface area contributed by atoms with Crippen molar-refractivity contribution < 1.29 is 69.8 Å². The molecule has 4 aromatic rings. The van der Waals surface area contributed by atoms with Crippen LogP contribution in [0.2, 0.25) is 0 Å². The van der Waals surface area contributed by atoms with E-state index in [0.29, 0.717) is 12.1 Å². The van der Waals surface area contributed by atoms with E-state index < -0.39 is 103 Å². The SMILES string of the molecule is CC(C)Oc1ccc(-c2ccc(Oc3ccc(S(=O)(=O)c4ccc(C(C)(C)C)c(S(=O)(=O)O)c4)cc3S(=O)(=O)O)c(S(=O)(=O)O)c2)cc1S(=O)(=O)O. The van der Waals surface area contributed by atoms with E-state index in [1.54, 1.807) is 34.6 Å². The van der Waals surface area contributed by atoms with Gasteiger partial charge in [0.05, 0.1) is 20.8 Å². The van der Waals surface area contributed by atoms with Crippen LogP contribution in [0, 0.1) is 0 Å². The number of ether oxygens (including phenoxy) is 2. The molecule has 16 nitrogen and oxygen atoms in total. The lowest BCUT2D eigenvalue weighted by atomic mass is 9.87. The van der Waals surface area contributed by atoms with Gasteiger partial charge < -0.3 is 9.47 Å². The molecule has 21 heteroatoms. The third kappa shape index (κ3) is 8.98. The standard InChI is InChI=1S/C31H32O16S5/c1-18(2)46-24-11-6-19(14-28(24)50(37,38)39)20-7-12-25(29(15-20)51(40,41)42)47-26-13-9-22(17-30(26)52(43,44)45)48(32,33)21-8-10-23(31(3,4)5)27(16-21)49(34,35)36/h6-18H,1-5H3,(H,34,35,36)(H,37,38,39)(H,40,41,42)(H,43,44,45). The molecule has 0 radical (unpaired) electrons. The van der Waals surface area contributed by atoms with Crippen molar-refractivity contribution in [2.75, 3.05) is 0 Å². The fourth-order valence-electron chi connectivity index (χ4n) is 4.91. The maximum atomic E-state index is 13.6. The number of benzene rings is 4. The maximum Gasteiger partial charge on any atom is 0.298 e. The molecule has 0 saturated heterocycles. The molecule has 4 N–H and O–H groups in total. The van der Waals surface area contributed by atoms with Crippen molar-refractivity contribution in [1.29, 1.82) is 0 Å². The first-order chi connectivity index (χ1) is 23.5. The van der Waals surface area contributed by atoms with Crippen LogP contribution in [0.3, 0.4) is 0 Å². The van der Waals surface area contributed by atoms with Gasteiger partial charge >= 0.3 is 0 Å². The fourth-order valence-corrected chi connectivity index (χ4v) is 9.23. The number of hydrogen-bond donors (Lipinski definition) is 4. The number of rotatable bonds is 11. The van der Waals surface area contributed by atoms with E-state index in [1.807, 2.05) is 0 Å². The van der Waals surface area contributed by atoms with Crippen molar-refractivity contribution in [3.05, 3.63) is 78.4 Å². The van der Waals surface area contributed by atoms with Gasteiger partial charge in [-0.25, -0.2) is 8.42 Å². The highest BCUT2D eigenvalue weighted by atomic mass is 32.2. The van der Waals surface area contributed by atoms with Gasteiger partial charge in [0.25, 0.3) is 40.5 Å². The van der Waals surface area contributed by atoms with Crippen molar-refractivity contribution in [2.24, 2.45) is 0 Å². The van der Waals surface area contributed by atoms with Crippen molar-refractivity contribution >= 4 is 50.3 Å². The topological polar surface area (TPSA) is 270 Å². The molecular weight excluding hydrogens is 789 g/mol. The summed E-state index contributed by atoms with van der Waals surface area (Å²) >= 11 is 0. The Hall–Kier alpha value is -3.93. The molecule has 0 amide bonds. The molecular formula is C31H32O16S5. The summed E-state index contributed by atoms with van der Waals surface area (Å²) in [7, 11) is -25.1. The summed E-state index contributed by atoms with van der Waals surface area (Å²) in [6.45, 7) is 8.05. The van der Waals surface area contributed by atoms with Gasteiger partial charge in [-0.2, -0.15) is 33.7 Å². The van der Waals surface area contributed by atoms with E-state index in [4.69, 9.17) is 9.47 Å². The zero-order valence-corrected chi connectivity index (χ0v) is 31.8. The molecule has 0 heterocycles. The molecule has 0 spiro atoms.